The van der Waals surface area contributed by atoms with Crippen LogP contribution in [0.3, 0.4) is 0 Å². The predicted octanol–water partition coefficient (Wildman–Crippen LogP) is 3.77. The highest BCUT2D eigenvalue weighted by Gasteiger charge is 2.21. The molecular weight excluding hydrogens is 338 g/mol. The fourth-order valence-corrected chi connectivity index (χ4v) is 3.59. The molecule has 1 N–H and O–H groups in total. The minimum atomic E-state index is -0.928. The molecule has 1 aliphatic rings. The molecule has 0 unspecified atom stereocenters. The highest BCUT2D eigenvalue weighted by molar-refractivity contribution is 5.75. The highest BCUT2D eigenvalue weighted by atomic mass is 19.2. The molecule has 4 rings (SSSR count). The lowest BCUT2D eigenvalue weighted by atomic mass is 9.89. The summed E-state index contributed by atoms with van der Waals surface area (Å²) in [6.45, 7) is 0.373. The molecule has 0 fully saturated rings. The number of fused-ring (bicyclic) bond motifs is 2. The van der Waals surface area contributed by atoms with Gasteiger partial charge in [-0.2, -0.15) is 0 Å². The van der Waals surface area contributed by atoms with Gasteiger partial charge in [-0.05, 0) is 30.4 Å². The van der Waals surface area contributed by atoms with Crippen molar-refractivity contribution in [2.45, 2.75) is 38.0 Å². The minimum Gasteiger partial charge on any atom is -0.389 e. The minimum absolute atomic E-state index is 0.0133. The molecule has 0 saturated heterocycles. The van der Waals surface area contributed by atoms with Gasteiger partial charge >= 0.3 is 0 Å². The molecule has 0 spiro atoms. The average Bonchev–Trinajstić information content (AvgIpc) is 3.02. The molecule has 26 heavy (non-hydrogen) atoms. The first kappa shape index (κ1) is 17.1. The number of benzene rings is 2. The molecule has 136 valence electrons. The topological polar surface area (TPSA) is 47.3 Å². The Hall–Kier alpha value is -2.31. The number of aryl methyl sites for hydroxylation is 1. The second kappa shape index (κ2) is 7.13. The van der Waals surface area contributed by atoms with Crippen LogP contribution in [0, 0.1) is 11.6 Å². The Balaban J connectivity index is 1.42. The maximum Gasteiger partial charge on any atom is 0.161 e. The fraction of sp³-hybridized carbons (Fsp3) is 0.350. The number of hydrogen-bond donors (Lipinski definition) is 1. The summed E-state index contributed by atoms with van der Waals surface area (Å²) < 4.78 is 34.3. The molecule has 2 atom stereocenters. The Labute approximate surface area is 150 Å². The zero-order valence-electron chi connectivity index (χ0n) is 14.2. The lowest BCUT2D eigenvalue weighted by Gasteiger charge is -2.26. The SMILES string of the molecule is O[C@H](CO[C@@H]1CCCc2ccccc21)Cn1cnc2cc(F)c(F)cc21. The molecule has 0 saturated carbocycles. The van der Waals surface area contributed by atoms with Crippen LogP contribution in [-0.4, -0.2) is 27.4 Å². The maximum atomic E-state index is 13.5. The zero-order valence-corrected chi connectivity index (χ0v) is 14.2. The average molecular weight is 358 g/mol. The number of aromatic nitrogens is 2. The van der Waals surface area contributed by atoms with Gasteiger partial charge in [0, 0.05) is 12.1 Å². The summed E-state index contributed by atoms with van der Waals surface area (Å²) in [5.41, 5.74) is 3.30. The second-order valence-corrected chi connectivity index (χ2v) is 6.72. The monoisotopic (exact) mass is 358 g/mol. The molecule has 1 aliphatic carbocycles. The molecule has 2 aromatic carbocycles. The van der Waals surface area contributed by atoms with Crippen molar-refractivity contribution in [3.8, 4) is 0 Å². The van der Waals surface area contributed by atoms with E-state index in [2.05, 4.69) is 17.1 Å². The number of aliphatic hydroxyl groups is 1. The van der Waals surface area contributed by atoms with E-state index in [1.54, 1.807) is 4.57 Å². The van der Waals surface area contributed by atoms with E-state index in [4.69, 9.17) is 4.74 Å². The van der Waals surface area contributed by atoms with Gasteiger partial charge in [-0.25, -0.2) is 13.8 Å². The smallest absolute Gasteiger partial charge is 0.161 e. The quantitative estimate of drug-likeness (QED) is 0.755. The molecule has 4 nitrogen and oxygen atoms in total. The maximum absolute atomic E-state index is 13.5. The van der Waals surface area contributed by atoms with E-state index >= 15 is 0 Å². The molecule has 0 bridgehead atoms. The lowest BCUT2D eigenvalue weighted by Crippen LogP contribution is -2.24. The van der Waals surface area contributed by atoms with Crippen molar-refractivity contribution in [3.05, 3.63) is 65.5 Å². The summed E-state index contributed by atoms with van der Waals surface area (Å²) in [5, 5.41) is 10.3. The Morgan fingerprint density at radius 3 is 2.92 bits per heavy atom. The van der Waals surface area contributed by atoms with Crippen molar-refractivity contribution < 1.29 is 18.6 Å². The molecule has 1 heterocycles. The van der Waals surface area contributed by atoms with Crippen LogP contribution in [0.4, 0.5) is 8.78 Å². The third kappa shape index (κ3) is 3.34. The molecule has 6 heteroatoms. The van der Waals surface area contributed by atoms with E-state index in [1.807, 2.05) is 12.1 Å². The van der Waals surface area contributed by atoms with E-state index in [-0.39, 0.29) is 19.3 Å². The van der Waals surface area contributed by atoms with Gasteiger partial charge in [0.25, 0.3) is 0 Å². The summed E-state index contributed by atoms with van der Waals surface area (Å²) in [6, 6.07) is 10.4. The third-order valence-corrected chi connectivity index (χ3v) is 4.87. The number of halogens is 2. The molecule has 1 aromatic heterocycles. The second-order valence-electron chi connectivity index (χ2n) is 6.72. The van der Waals surface area contributed by atoms with Crippen LogP contribution in [0.1, 0.15) is 30.1 Å². The largest absolute Gasteiger partial charge is 0.389 e. The molecule has 0 aliphatic heterocycles. The normalized spacial score (nSPS) is 18.0. The van der Waals surface area contributed by atoms with Crippen LogP contribution in [-0.2, 0) is 17.7 Å². The first-order valence-electron chi connectivity index (χ1n) is 8.79. The van der Waals surface area contributed by atoms with E-state index < -0.39 is 17.7 Å². The number of rotatable bonds is 5. The number of ether oxygens (including phenoxy) is 1. The third-order valence-electron chi connectivity index (χ3n) is 4.87. The molecule has 0 radical (unpaired) electrons. The molecule has 3 aromatic rings. The summed E-state index contributed by atoms with van der Waals surface area (Å²) in [7, 11) is 0. The Kier molecular flexibility index (Phi) is 4.70. The molecular formula is C20H20F2N2O2. The van der Waals surface area contributed by atoms with Crippen molar-refractivity contribution in [1.82, 2.24) is 9.55 Å². The van der Waals surface area contributed by atoms with Crippen LogP contribution in [0.25, 0.3) is 11.0 Å². The van der Waals surface area contributed by atoms with Gasteiger partial charge in [0.2, 0.25) is 0 Å². The van der Waals surface area contributed by atoms with Crippen LogP contribution in [0.5, 0.6) is 0 Å². The summed E-state index contributed by atoms with van der Waals surface area (Å²) in [4.78, 5) is 4.06. The Bertz CT molecular complexity index is 925. The van der Waals surface area contributed by atoms with Gasteiger partial charge < -0.3 is 14.4 Å². The van der Waals surface area contributed by atoms with Crippen LogP contribution in [0.15, 0.2) is 42.7 Å². The zero-order chi connectivity index (χ0) is 18.1. The highest BCUT2D eigenvalue weighted by Crippen LogP contribution is 2.32. The molecule has 0 amide bonds. The summed E-state index contributed by atoms with van der Waals surface area (Å²) in [6.07, 6.45) is 3.75. The predicted molar refractivity (Wildman–Crippen MR) is 93.7 cm³/mol. The Morgan fingerprint density at radius 1 is 1.23 bits per heavy atom. The van der Waals surface area contributed by atoms with E-state index in [0.717, 1.165) is 31.4 Å². The van der Waals surface area contributed by atoms with Crippen molar-refractivity contribution in [2.75, 3.05) is 6.61 Å². The van der Waals surface area contributed by atoms with Gasteiger partial charge in [-0.3, -0.25) is 0 Å². The fourth-order valence-electron chi connectivity index (χ4n) is 3.59. The van der Waals surface area contributed by atoms with Gasteiger partial charge in [0.15, 0.2) is 11.6 Å². The number of imidazole rings is 1. The van der Waals surface area contributed by atoms with Crippen molar-refractivity contribution >= 4 is 11.0 Å². The van der Waals surface area contributed by atoms with Crippen molar-refractivity contribution in [3.63, 3.8) is 0 Å². The van der Waals surface area contributed by atoms with E-state index in [0.29, 0.717) is 11.0 Å². The van der Waals surface area contributed by atoms with Gasteiger partial charge in [0.1, 0.15) is 0 Å². The van der Waals surface area contributed by atoms with Gasteiger partial charge in [0.05, 0.1) is 42.7 Å². The van der Waals surface area contributed by atoms with Gasteiger partial charge in [-0.15, -0.1) is 0 Å². The lowest BCUT2D eigenvalue weighted by molar-refractivity contribution is -0.0222. The number of aliphatic hydroxyl groups excluding tert-OH is 1. The van der Waals surface area contributed by atoms with Crippen LogP contribution in [0.2, 0.25) is 0 Å². The Morgan fingerprint density at radius 2 is 2.04 bits per heavy atom. The van der Waals surface area contributed by atoms with Crippen molar-refractivity contribution in [1.29, 1.82) is 0 Å². The number of hydrogen-bond acceptors (Lipinski definition) is 3. The summed E-state index contributed by atoms with van der Waals surface area (Å²) in [5.74, 6) is -1.86. The van der Waals surface area contributed by atoms with E-state index in [1.165, 1.54) is 17.5 Å². The van der Waals surface area contributed by atoms with Crippen LogP contribution >= 0.6 is 0 Å². The van der Waals surface area contributed by atoms with Crippen LogP contribution < -0.4 is 0 Å². The standard InChI is InChI=1S/C20H20F2N2O2/c21-16-8-18-19(9-17(16)22)24(12-23-18)10-14(25)11-26-20-7-3-5-13-4-1-2-6-15(13)20/h1-2,4,6,8-9,12,14,20,25H,3,5,7,10-11H2/t14-,20+/m0/s1. The first-order chi connectivity index (χ1) is 12.6. The van der Waals surface area contributed by atoms with Gasteiger partial charge in [-0.1, -0.05) is 24.3 Å². The summed E-state index contributed by atoms with van der Waals surface area (Å²) >= 11 is 0. The van der Waals surface area contributed by atoms with E-state index in [9.17, 15) is 13.9 Å². The first-order valence-corrected chi connectivity index (χ1v) is 8.79. The number of nitrogens with zero attached hydrogens (tertiary/aromatic N) is 2. The van der Waals surface area contributed by atoms with Crippen molar-refractivity contribution in [2.24, 2.45) is 0 Å².